The van der Waals surface area contributed by atoms with Gasteiger partial charge >= 0.3 is 0 Å². The van der Waals surface area contributed by atoms with Gasteiger partial charge in [0.05, 0.1) is 0 Å². The number of benzene rings is 1. The van der Waals surface area contributed by atoms with Crippen LogP contribution in [0.5, 0.6) is 0 Å². The van der Waals surface area contributed by atoms with E-state index < -0.39 is 0 Å². The van der Waals surface area contributed by atoms with Crippen LogP contribution in [0.15, 0.2) is 30.3 Å². The number of amides is 1. The summed E-state index contributed by atoms with van der Waals surface area (Å²) in [6.07, 6.45) is 2.62. The summed E-state index contributed by atoms with van der Waals surface area (Å²) < 4.78 is 0. The molecule has 73 valence electrons. The number of carbonyl (C=O) groups is 1. The second kappa shape index (κ2) is 3.82. The van der Waals surface area contributed by atoms with Crippen molar-refractivity contribution in [3.63, 3.8) is 0 Å². The summed E-state index contributed by atoms with van der Waals surface area (Å²) in [6.45, 7) is 4.01. The molecule has 1 atom stereocenters. The Bertz CT molecular complexity index is 320. The molecule has 0 saturated carbocycles. The van der Waals surface area contributed by atoms with E-state index in [2.05, 4.69) is 6.92 Å². The first-order valence-electron chi connectivity index (χ1n) is 4.99. The van der Waals surface area contributed by atoms with Gasteiger partial charge in [-0.3, -0.25) is 4.79 Å². The number of anilines is 1. The molecule has 1 aliphatic heterocycles. The molecule has 1 radical (unpaired) electrons. The van der Waals surface area contributed by atoms with E-state index in [0.29, 0.717) is 6.42 Å². The molecule has 1 unspecified atom stereocenters. The van der Waals surface area contributed by atoms with Crippen molar-refractivity contribution in [2.45, 2.75) is 25.3 Å². The van der Waals surface area contributed by atoms with Gasteiger partial charge in [-0.25, -0.2) is 0 Å². The standard InChI is InChI=1S/C12H14NO/c1-10-6-5-9-12(14)13(10)11-7-3-2-4-8-11/h2-4,7-8,10H,1,5-6,9H2. The first-order chi connectivity index (χ1) is 6.79. The number of nitrogens with zero attached hydrogens (tertiary/aromatic N) is 1. The van der Waals surface area contributed by atoms with Gasteiger partial charge in [-0.2, -0.15) is 0 Å². The Hall–Kier alpha value is -1.31. The number of hydrogen-bond donors (Lipinski definition) is 0. The summed E-state index contributed by atoms with van der Waals surface area (Å²) >= 11 is 0. The molecule has 2 nitrogen and oxygen atoms in total. The zero-order chi connectivity index (χ0) is 9.97. The first kappa shape index (κ1) is 9.25. The topological polar surface area (TPSA) is 20.3 Å². The van der Waals surface area contributed by atoms with Crippen LogP contribution in [0.3, 0.4) is 0 Å². The number of piperidine rings is 1. The van der Waals surface area contributed by atoms with Gasteiger partial charge in [-0.05, 0) is 31.9 Å². The Morgan fingerprint density at radius 3 is 2.64 bits per heavy atom. The smallest absolute Gasteiger partial charge is 0.227 e. The van der Waals surface area contributed by atoms with Crippen LogP contribution in [0.4, 0.5) is 5.69 Å². The quantitative estimate of drug-likeness (QED) is 0.662. The van der Waals surface area contributed by atoms with E-state index in [4.69, 9.17) is 0 Å². The minimum absolute atomic E-state index is 0.0960. The van der Waals surface area contributed by atoms with Crippen molar-refractivity contribution in [2.24, 2.45) is 0 Å². The van der Waals surface area contributed by atoms with Crippen LogP contribution in [-0.4, -0.2) is 11.9 Å². The van der Waals surface area contributed by atoms with Gasteiger partial charge in [0, 0.05) is 18.2 Å². The highest BCUT2D eigenvalue weighted by molar-refractivity contribution is 5.94. The molecule has 1 fully saturated rings. The Morgan fingerprint density at radius 2 is 2.00 bits per heavy atom. The molecule has 1 saturated heterocycles. The second-order valence-electron chi connectivity index (χ2n) is 3.65. The lowest BCUT2D eigenvalue weighted by molar-refractivity contribution is -0.120. The Labute approximate surface area is 84.5 Å². The molecule has 2 heteroatoms. The summed E-state index contributed by atoms with van der Waals surface area (Å²) in [5.74, 6) is 0.197. The Balaban J connectivity index is 2.27. The Morgan fingerprint density at radius 1 is 1.29 bits per heavy atom. The van der Waals surface area contributed by atoms with E-state index >= 15 is 0 Å². The summed E-state index contributed by atoms with van der Waals surface area (Å²) in [7, 11) is 0. The van der Waals surface area contributed by atoms with Crippen molar-refractivity contribution in [3.8, 4) is 0 Å². The van der Waals surface area contributed by atoms with E-state index in [1.54, 1.807) is 0 Å². The van der Waals surface area contributed by atoms with Crippen LogP contribution in [0.2, 0.25) is 0 Å². The largest absolute Gasteiger partial charge is 0.309 e. The van der Waals surface area contributed by atoms with Gasteiger partial charge < -0.3 is 4.90 Å². The minimum atomic E-state index is 0.0960. The van der Waals surface area contributed by atoms with Crippen LogP contribution in [0.1, 0.15) is 19.3 Å². The minimum Gasteiger partial charge on any atom is -0.309 e. The van der Waals surface area contributed by atoms with Crippen molar-refractivity contribution in [2.75, 3.05) is 4.90 Å². The highest BCUT2D eigenvalue weighted by Gasteiger charge is 2.25. The van der Waals surface area contributed by atoms with Crippen LogP contribution in [0.25, 0.3) is 0 Å². The summed E-state index contributed by atoms with van der Waals surface area (Å²) in [5.41, 5.74) is 0.970. The molecule has 1 aliphatic rings. The zero-order valence-electron chi connectivity index (χ0n) is 8.15. The zero-order valence-corrected chi connectivity index (χ0v) is 8.15. The van der Waals surface area contributed by atoms with Crippen molar-refractivity contribution in [3.05, 3.63) is 37.3 Å². The maximum Gasteiger partial charge on any atom is 0.227 e. The fourth-order valence-electron chi connectivity index (χ4n) is 1.89. The fraction of sp³-hybridized carbons (Fsp3) is 0.333. The van der Waals surface area contributed by atoms with Gasteiger partial charge in [-0.15, -0.1) is 0 Å². The molecule has 0 spiro atoms. The molecule has 2 rings (SSSR count). The SMILES string of the molecule is [CH2]C1CCCC(=O)N1c1ccccc1. The molecule has 1 aromatic rings. The third-order valence-electron chi connectivity index (χ3n) is 2.60. The lowest BCUT2D eigenvalue weighted by Gasteiger charge is -2.33. The second-order valence-corrected chi connectivity index (χ2v) is 3.65. The Kier molecular flexibility index (Phi) is 2.53. The number of hydrogen-bond acceptors (Lipinski definition) is 1. The van der Waals surface area contributed by atoms with Gasteiger partial charge in [0.2, 0.25) is 5.91 Å². The molecule has 1 aromatic carbocycles. The molecule has 1 heterocycles. The van der Waals surface area contributed by atoms with Crippen molar-refractivity contribution < 1.29 is 4.79 Å². The highest BCUT2D eigenvalue weighted by atomic mass is 16.2. The van der Waals surface area contributed by atoms with Gasteiger partial charge in [-0.1, -0.05) is 18.2 Å². The van der Waals surface area contributed by atoms with Crippen molar-refractivity contribution in [1.29, 1.82) is 0 Å². The van der Waals surface area contributed by atoms with Crippen molar-refractivity contribution in [1.82, 2.24) is 0 Å². The van der Waals surface area contributed by atoms with E-state index in [9.17, 15) is 4.79 Å². The van der Waals surface area contributed by atoms with Crippen LogP contribution in [-0.2, 0) is 4.79 Å². The van der Waals surface area contributed by atoms with E-state index in [-0.39, 0.29) is 11.9 Å². The lowest BCUT2D eigenvalue weighted by atomic mass is 10.0. The van der Waals surface area contributed by atoms with Gasteiger partial charge in [0.1, 0.15) is 0 Å². The number of para-hydroxylation sites is 1. The average Bonchev–Trinajstić information content (AvgIpc) is 2.19. The molecule has 14 heavy (non-hydrogen) atoms. The van der Waals surface area contributed by atoms with E-state index in [1.807, 2.05) is 35.2 Å². The van der Waals surface area contributed by atoms with E-state index in [1.165, 1.54) is 0 Å². The third-order valence-corrected chi connectivity index (χ3v) is 2.60. The third kappa shape index (κ3) is 1.65. The number of carbonyl (C=O) groups excluding carboxylic acids is 1. The lowest BCUT2D eigenvalue weighted by Crippen LogP contribution is -2.42. The molecular weight excluding hydrogens is 174 g/mol. The highest BCUT2D eigenvalue weighted by Crippen LogP contribution is 2.24. The van der Waals surface area contributed by atoms with Crippen LogP contribution in [0, 0.1) is 6.92 Å². The maximum atomic E-state index is 11.7. The summed E-state index contributed by atoms with van der Waals surface area (Å²) in [4.78, 5) is 13.5. The van der Waals surface area contributed by atoms with Gasteiger partial charge in [0.15, 0.2) is 0 Å². The maximum absolute atomic E-state index is 11.7. The monoisotopic (exact) mass is 188 g/mol. The summed E-state index contributed by atoms with van der Waals surface area (Å²) in [5, 5.41) is 0. The molecular formula is C12H14NO. The predicted octanol–water partition coefficient (Wildman–Crippen LogP) is 2.41. The molecule has 1 amide bonds. The van der Waals surface area contributed by atoms with Crippen molar-refractivity contribution >= 4 is 11.6 Å². The summed E-state index contributed by atoms with van der Waals surface area (Å²) in [6, 6.07) is 9.87. The fourth-order valence-corrected chi connectivity index (χ4v) is 1.89. The van der Waals surface area contributed by atoms with Gasteiger partial charge in [0.25, 0.3) is 0 Å². The normalized spacial score (nSPS) is 22.5. The predicted molar refractivity (Wildman–Crippen MR) is 56.9 cm³/mol. The molecule has 0 bridgehead atoms. The molecule has 0 aliphatic carbocycles. The molecule has 0 N–H and O–H groups in total. The van der Waals surface area contributed by atoms with Crippen LogP contribution >= 0.6 is 0 Å². The first-order valence-corrected chi connectivity index (χ1v) is 4.99. The number of rotatable bonds is 1. The average molecular weight is 188 g/mol. The molecule has 0 aromatic heterocycles. The van der Waals surface area contributed by atoms with Crippen LogP contribution < -0.4 is 4.90 Å². The van der Waals surface area contributed by atoms with E-state index in [0.717, 1.165) is 18.5 Å².